The summed E-state index contributed by atoms with van der Waals surface area (Å²) in [6.07, 6.45) is 9.81. The molecule has 2 aromatic carbocycles. The van der Waals surface area contributed by atoms with Gasteiger partial charge in [0.1, 0.15) is 5.78 Å². The van der Waals surface area contributed by atoms with Crippen LogP contribution < -0.4 is 11.1 Å². The van der Waals surface area contributed by atoms with Crippen molar-refractivity contribution >= 4 is 11.6 Å². The van der Waals surface area contributed by atoms with Gasteiger partial charge in [0.2, 0.25) is 0 Å². The van der Waals surface area contributed by atoms with E-state index in [4.69, 9.17) is 5.73 Å². The van der Waals surface area contributed by atoms with E-state index in [0.717, 1.165) is 61.8 Å². The molecule has 4 nitrogen and oxygen atoms in total. The molecule has 4 heteroatoms. The third kappa shape index (κ3) is 18.8. The van der Waals surface area contributed by atoms with Crippen LogP contribution in [0, 0.1) is 16.7 Å². The van der Waals surface area contributed by atoms with E-state index < -0.39 is 6.04 Å². The summed E-state index contributed by atoms with van der Waals surface area (Å²) in [5.41, 5.74) is 10.9. The highest BCUT2D eigenvalue weighted by atomic mass is 16.1. The SMILES string of the molecule is C=C(CC(C)(C)CCC(C)(C)CC(=C)C(C)C)NC(Cc1ccccc1)C(=O)CCCCCC(=O)C(N)Cc1ccccc1.CCC. The maximum absolute atomic E-state index is 13.5. The number of ketones is 2. The van der Waals surface area contributed by atoms with Gasteiger partial charge in [-0.3, -0.25) is 9.59 Å². The van der Waals surface area contributed by atoms with E-state index in [-0.39, 0.29) is 28.4 Å². The van der Waals surface area contributed by atoms with Crippen molar-refractivity contribution in [2.75, 3.05) is 0 Å². The van der Waals surface area contributed by atoms with Crippen molar-refractivity contribution < 1.29 is 9.59 Å². The fourth-order valence-electron chi connectivity index (χ4n) is 5.76. The van der Waals surface area contributed by atoms with Crippen LogP contribution in [-0.4, -0.2) is 23.7 Å². The molecular formula is C43H68N2O2. The van der Waals surface area contributed by atoms with Crippen LogP contribution in [0.3, 0.4) is 0 Å². The van der Waals surface area contributed by atoms with E-state index in [9.17, 15) is 9.59 Å². The Labute approximate surface area is 289 Å². The second-order valence-electron chi connectivity index (χ2n) is 15.5. The fourth-order valence-corrected chi connectivity index (χ4v) is 5.76. The Morgan fingerprint density at radius 2 is 1.17 bits per heavy atom. The first-order valence-electron chi connectivity index (χ1n) is 18.1. The van der Waals surface area contributed by atoms with Gasteiger partial charge in [0, 0.05) is 18.5 Å². The third-order valence-corrected chi connectivity index (χ3v) is 8.80. The van der Waals surface area contributed by atoms with Crippen LogP contribution in [-0.2, 0) is 22.4 Å². The van der Waals surface area contributed by atoms with Crippen molar-refractivity contribution in [2.45, 2.75) is 145 Å². The van der Waals surface area contributed by atoms with Gasteiger partial charge < -0.3 is 11.1 Å². The minimum atomic E-state index is -0.473. The summed E-state index contributed by atoms with van der Waals surface area (Å²) in [5, 5.41) is 3.53. The maximum Gasteiger partial charge on any atom is 0.155 e. The number of carbonyl (C=O) groups excluding carboxylic acids is 2. The van der Waals surface area contributed by atoms with Crippen molar-refractivity contribution in [3.05, 3.63) is 96.2 Å². The van der Waals surface area contributed by atoms with Gasteiger partial charge in [0.15, 0.2) is 5.78 Å². The minimum absolute atomic E-state index is 0.0642. The number of nitrogens with one attached hydrogen (secondary N) is 1. The molecule has 2 atom stereocenters. The zero-order valence-electron chi connectivity index (χ0n) is 31.3. The molecule has 2 aromatic rings. The number of benzene rings is 2. The topological polar surface area (TPSA) is 72.2 Å². The van der Waals surface area contributed by atoms with Gasteiger partial charge in [-0.25, -0.2) is 0 Å². The molecule has 47 heavy (non-hydrogen) atoms. The van der Waals surface area contributed by atoms with Gasteiger partial charge in [0.25, 0.3) is 0 Å². The Hall–Kier alpha value is -2.98. The largest absolute Gasteiger partial charge is 0.379 e. The molecule has 0 fully saturated rings. The fraction of sp³-hybridized carbons (Fsp3) is 0.581. The van der Waals surface area contributed by atoms with Crippen molar-refractivity contribution in [1.29, 1.82) is 0 Å². The van der Waals surface area contributed by atoms with Gasteiger partial charge in [0.05, 0.1) is 12.1 Å². The first-order valence-corrected chi connectivity index (χ1v) is 18.1. The van der Waals surface area contributed by atoms with Crippen molar-refractivity contribution in [2.24, 2.45) is 22.5 Å². The smallest absolute Gasteiger partial charge is 0.155 e. The van der Waals surface area contributed by atoms with E-state index in [0.29, 0.717) is 31.6 Å². The molecule has 0 saturated carbocycles. The highest BCUT2D eigenvalue weighted by molar-refractivity contribution is 5.85. The molecule has 0 aromatic heterocycles. The second-order valence-corrected chi connectivity index (χ2v) is 15.5. The molecule has 0 spiro atoms. The highest BCUT2D eigenvalue weighted by Crippen LogP contribution is 2.38. The Morgan fingerprint density at radius 1 is 0.723 bits per heavy atom. The number of rotatable bonds is 22. The van der Waals surface area contributed by atoms with E-state index >= 15 is 0 Å². The lowest BCUT2D eigenvalue weighted by Crippen LogP contribution is -2.39. The average molecular weight is 645 g/mol. The summed E-state index contributed by atoms with van der Waals surface area (Å²) in [6.45, 7) is 26.6. The van der Waals surface area contributed by atoms with Crippen LogP contribution >= 0.6 is 0 Å². The van der Waals surface area contributed by atoms with Crippen LogP contribution in [0.25, 0.3) is 0 Å². The molecule has 0 amide bonds. The van der Waals surface area contributed by atoms with Crippen LogP contribution in [0.15, 0.2) is 85.1 Å². The van der Waals surface area contributed by atoms with Crippen molar-refractivity contribution in [3.63, 3.8) is 0 Å². The Morgan fingerprint density at radius 3 is 1.66 bits per heavy atom. The summed E-state index contributed by atoms with van der Waals surface area (Å²) in [7, 11) is 0. The predicted octanol–water partition coefficient (Wildman–Crippen LogP) is 10.6. The number of nitrogens with two attached hydrogens (primary N) is 1. The number of unbranched alkanes of at least 4 members (excludes halogenated alkanes) is 2. The van der Waals surface area contributed by atoms with Crippen LogP contribution in [0.1, 0.15) is 131 Å². The number of carbonyl (C=O) groups is 2. The second kappa shape index (κ2) is 21.8. The first kappa shape index (κ1) is 42.0. The summed E-state index contributed by atoms with van der Waals surface area (Å²) in [6, 6.07) is 19.3. The number of hydrogen-bond donors (Lipinski definition) is 2. The quantitative estimate of drug-likeness (QED) is 0.0988. The number of Topliss-reactive ketones (excluding diaryl/α,β-unsaturated/α-hetero) is 2. The summed E-state index contributed by atoms with van der Waals surface area (Å²) in [5.74, 6) is 0.806. The Bertz CT molecular complexity index is 1200. The van der Waals surface area contributed by atoms with Gasteiger partial charge in [-0.15, -0.1) is 0 Å². The lowest BCUT2D eigenvalue weighted by atomic mass is 9.73. The molecule has 0 bridgehead atoms. The van der Waals surface area contributed by atoms with Gasteiger partial charge in [-0.2, -0.15) is 0 Å². The molecule has 0 aliphatic heterocycles. The third-order valence-electron chi connectivity index (χ3n) is 8.80. The minimum Gasteiger partial charge on any atom is -0.379 e. The molecule has 0 heterocycles. The lowest BCUT2D eigenvalue weighted by molar-refractivity contribution is -0.121. The Balaban J connectivity index is 0.00000354. The van der Waals surface area contributed by atoms with E-state index in [1.165, 1.54) is 12.0 Å². The lowest BCUT2D eigenvalue weighted by Gasteiger charge is -2.33. The zero-order chi connectivity index (χ0) is 35.5. The van der Waals surface area contributed by atoms with Gasteiger partial charge in [-0.1, -0.05) is 148 Å². The van der Waals surface area contributed by atoms with E-state index in [1.54, 1.807) is 0 Å². The summed E-state index contributed by atoms with van der Waals surface area (Å²) < 4.78 is 0. The molecule has 3 N–H and O–H groups in total. The van der Waals surface area contributed by atoms with Gasteiger partial charge >= 0.3 is 0 Å². The number of allylic oxidation sites excluding steroid dienone is 2. The predicted molar refractivity (Wildman–Crippen MR) is 203 cm³/mol. The summed E-state index contributed by atoms with van der Waals surface area (Å²) >= 11 is 0. The Kier molecular flexibility index (Phi) is 19.5. The summed E-state index contributed by atoms with van der Waals surface area (Å²) in [4.78, 5) is 26.0. The molecule has 2 unspecified atom stereocenters. The highest BCUT2D eigenvalue weighted by Gasteiger charge is 2.27. The van der Waals surface area contributed by atoms with Gasteiger partial charge in [-0.05, 0) is 79.2 Å². The normalized spacial score (nSPS) is 12.9. The molecule has 2 rings (SSSR count). The zero-order valence-corrected chi connectivity index (χ0v) is 31.3. The molecular weight excluding hydrogens is 576 g/mol. The molecule has 0 saturated heterocycles. The van der Waals surface area contributed by atoms with Crippen LogP contribution in [0.5, 0.6) is 0 Å². The monoisotopic (exact) mass is 645 g/mol. The standard InChI is InChI=1S/C40H60N2O2.C3H8/c1-30(2)31(3)28-39(5,6)24-25-40(7,8)29-32(4)42-36(27-34-20-14-10-15-21-34)38(44)23-17-11-16-22-37(43)35(41)26-33-18-12-9-13-19-33;1-3-2/h9-10,12-15,18-21,30,35-36,42H,3-4,11,16-17,22-29,41H2,1-2,5-8H3;3H2,1-2H3. The van der Waals surface area contributed by atoms with Crippen LogP contribution in [0.2, 0.25) is 0 Å². The van der Waals surface area contributed by atoms with E-state index in [2.05, 4.69) is 86.0 Å². The van der Waals surface area contributed by atoms with Crippen LogP contribution in [0.4, 0.5) is 0 Å². The van der Waals surface area contributed by atoms with Crippen molar-refractivity contribution in [3.8, 4) is 0 Å². The maximum atomic E-state index is 13.5. The van der Waals surface area contributed by atoms with Crippen molar-refractivity contribution in [1.82, 2.24) is 5.32 Å². The molecule has 0 radical (unpaired) electrons. The average Bonchev–Trinajstić information content (AvgIpc) is 3.00. The molecule has 262 valence electrons. The first-order chi connectivity index (χ1) is 22.1. The number of hydrogen-bond acceptors (Lipinski definition) is 4. The van der Waals surface area contributed by atoms with E-state index in [1.807, 2.05) is 48.5 Å². The molecule has 0 aliphatic rings. The molecule has 0 aliphatic carbocycles.